The Hall–Kier alpha value is -2.75. The first kappa shape index (κ1) is 24.4. The van der Waals surface area contributed by atoms with Crippen molar-refractivity contribution in [2.45, 2.75) is 84.0 Å². The lowest BCUT2D eigenvalue weighted by molar-refractivity contribution is -0.126. The molecule has 0 aromatic heterocycles. The number of unbranched alkanes of at least 4 members (excludes halogenated alkanes) is 3. The van der Waals surface area contributed by atoms with Crippen molar-refractivity contribution < 1.29 is 20.1 Å². The highest BCUT2D eigenvalue weighted by Gasteiger charge is 2.52. The topological polar surface area (TPSA) is 77.8 Å². The highest BCUT2D eigenvalue weighted by Crippen LogP contribution is 2.57. The zero-order chi connectivity index (χ0) is 24.3. The summed E-state index contributed by atoms with van der Waals surface area (Å²) < 4.78 is 0. The van der Waals surface area contributed by atoms with Gasteiger partial charge in [-0.25, -0.2) is 0 Å². The first-order valence-corrected chi connectivity index (χ1v) is 12.9. The lowest BCUT2D eigenvalue weighted by atomic mass is 9.60. The molecule has 34 heavy (non-hydrogen) atoms. The summed E-state index contributed by atoms with van der Waals surface area (Å²) in [4.78, 5) is 12.2. The second kappa shape index (κ2) is 10.2. The Morgan fingerprint density at radius 3 is 2.50 bits per heavy atom. The van der Waals surface area contributed by atoms with Crippen LogP contribution in [0.4, 0.5) is 0 Å². The number of rotatable bonds is 5. The van der Waals surface area contributed by atoms with Gasteiger partial charge in [-0.3, -0.25) is 4.79 Å². The Morgan fingerprint density at radius 1 is 0.971 bits per heavy atom. The number of aryl methyl sites for hydroxylation is 1. The monoisotopic (exact) mass is 462 g/mol. The number of phenolic OH excluding ortho intramolecular Hbond substituents is 3. The van der Waals surface area contributed by atoms with Crippen LogP contribution in [0.1, 0.15) is 87.8 Å². The van der Waals surface area contributed by atoms with Crippen molar-refractivity contribution in [1.82, 2.24) is 0 Å². The van der Waals surface area contributed by atoms with Crippen molar-refractivity contribution >= 4 is 5.78 Å². The van der Waals surface area contributed by atoms with Crippen LogP contribution < -0.4 is 0 Å². The van der Waals surface area contributed by atoms with E-state index in [4.69, 9.17) is 5.11 Å². The van der Waals surface area contributed by atoms with E-state index in [0.717, 1.165) is 50.5 Å². The minimum Gasteiger partial charge on any atom is -0.508 e. The average Bonchev–Trinajstić information content (AvgIpc) is 3.12. The number of allylic oxidation sites excluding steroid dienone is 2. The summed E-state index contributed by atoms with van der Waals surface area (Å²) in [5, 5.41) is 28.2. The van der Waals surface area contributed by atoms with E-state index < -0.39 is 0 Å². The van der Waals surface area contributed by atoms with E-state index in [2.05, 4.69) is 26.0 Å². The number of fused-ring (bicyclic) bond motifs is 5. The fourth-order valence-electron chi connectivity index (χ4n) is 6.24. The average molecular weight is 463 g/mol. The maximum Gasteiger partial charge on any atom is 0.139 e. The van der Waals surface area contributed by atoms with Crippen LogP contribution in [0.15, 0.2) is 48.0 Å². The number of Topliss-reactive ketones (excluding diaryl/α,β-unsaturated/α-hetero) is 1. The molecule has 5 rings (SSSR count). The number of hydrogen-bond donors (Lipinski definition) is 3. The first-order chi connectivity index (χ1) is 16.3. The molecule has 2 aromatic rings. The summed E-state index contributed by atoms with van der Waals surface area (Å²) in [6, 6.07) is 10.6. The zero-order valence-corrected chi connectivity index (χ0v) is 20.5. The third-order valence-electron chi connectivity index (χ3n) is 8.25. The van der Waals surface area contributed by atoms with Gasteiger partial charge in [-0.1, -0.05) is 56.9 Å². The van der Waals surface area contributed by atoms with Crippen LogP contribution in [0, 0.1) is 11.3 Å². The fraction of sp³-hybridized carbons (Fsp3) is 0.500. The van der Waals surface area contributed by atoms with E-state index in [1.807, 2.05) is 6.07 Å². The number of carbonyl (C=O) groups excluding carboxylic acids is 1. The van der Waals surface area contributed by atoms with Gasteiger partial charge in [0.1, 0.15) is 23.0 Å². The standard InChI is InChI=1S/C18H20O2.C12H18O2/c1-18-9-8-14-13-5-3-12(19)10-11(13)2-4-15(14)16(18)6-7-17(18)20;1-2-3-4-5-6-10-7-8-11(13)9-12(10)14/h3-5,10,14,16,19H,2,6-9H2,1H3;7-9,13-14H,2-6H2,1H3. The maximum atomic E-state index is 12.2. The van der Waals surface area contributed by atoms with Gasteiger partial charge in [0.05, 0.1) is 0 Å². The molecule has 4 heteroatoms. The number of phenols is 3. The van der Waals surface area contributed by atoms with E-state index in [1.54, 1.807) is 18.2 Å². The molecule has 2 saturated carbocycles. The molecule has 0 bridgehead atoms. The van der Waals surface area contributed by atoms with Gasteiger partial charge >= 0.3 is 0 Å². The lowest BCUT2D eigenvalue weighted by Gasteiger charge is -2.43. The largest absolute Gasteiger partial charge is 0.508 e. The SMILES string of the molecule is CC12CCC3C(=CCc4cc(O)ccc43)C1CCC2=O.CCCCCCc1ccc(O)cc1O. The highest BCUT2D eigenvalue weighted by atomic mass is 16.3. The van der Waals surface area contributed by atoms with Crippen molar-refractivity contribution in [1.29, 1.82) is 0 Å². The summed E-state index contributed by atoms with van der Waals surface area (Å²) in [6.45, 7) is 4.36. The minimum atomic E-state index is -0.100. The molecule has 2 aromatic carbocycles. The van der Waals surface area contributed by atoms with Gasteiger partial charge in [-0.05, 0) is 79.3 Å². The summed E-state index contributed by atoms with van der Waals surface area (Å²) in [6.07, 6.45) is 12.8. The van der Waals surface area contributed by atoms with Gasteiger partial charge in [0.25, 0.3) is 0 Å². The van der Waals surface area contributed by atoms with E-state index in [9.17, 15) is 15.0 Å². The van der Waals surface area contributed by atoms with Crippen molar-refractivity contribution in [2.24, 2.45) is 11.3 Å². The molecule has 3 aliphatic rings. The second-order valence-corrected chi connectivity index (χ2v) is 10.4. The van der Waals surface area contributed by atoms with Crippen LogP contribution in [0.2, 0.25) is 0 Å². The summed E-state index contributed by atoms with van der Waals surface area (Å²) in [7, 11) is 0. The first-order valence-electron chi connectivity index (χ1n) is 12.9. The second-order valence-electron chi connectivity index (χ2n) is 10.4. The molecular weight excluding hydrogens is 424 g/mol. The van der Waals surface area contributed by atoms with Crippen LogP contribution in [-0.4, -0.2) is 21.1 Å². The van der Waals surface area contributed by atoms with Crippen LogP contribution >= 0.6 is 0 Å². The van der Waals surface area contributed by atoms with E-state index in [0.29, 0.717) is 23.4 Å². The number of carbonyl (C=O) groups is 1. The predicted octanol–water partition coefficient (Wildman–Crippen LogP) is 6.96. The number of ketones is 1. The number of hydrogen-bond acceptors (Lipinski definition) is 4. The van der Waals surface area contributed by atoms with Gasteiger partial charge < -0.3 is 15.3 Å². The van der Waals surface area contributed by atoms with Crippen LogP contribution in [0.3, 0.4) is 0 Å². The molecule has 0 radical (unpaired) electrons. The van der Waals surface area contributed by atoms with Crippen molar-refractivity contribution in [3.8, 4) is 17.2 Å². The molecule has 3 unspecified atom stereocenters. The van der Waals surface area contributed by atoms with E-state index >= 15 is 0 Å². The highest BCUT2D eigenvalue weighted by molar-refractivity contribution is 5.88. The smallest absolute Gasteiger partial charge is 0.139 e. The Bertz CT molecular complexity index is 1070. The molecule has 3 N–H and O–H groups in total. The predicted molar refractivity (Wildman–Crippen MR) is 135 cm³/mol. The number of benzene rings is 2. The van der Waals surface area contributed by atoms with Gasteiger partial charge in [0.15, 0.2) is 0 Å². The molecule has 4 nitrogen and oxygen atoms in total. The van der Waals surface area contributed by atoms with Crippen molar-refractivity contribution in [2.75, 3.05) is 0 Å². The van der Waals surface area contributed by atoms with Crippen molar-refractivity contribution in [3.63, 3.8) is 0 Å². The third-order valence-corrected chi connectivity index (χ3v) is 8.25. The van der Waals surface area contributed by atoms with Crippen LogP contribution in [0.5, 0.6) is 17.2 Å². The molecule has 0 heterocycles. The quantitative estimate of drug-likeness (QED) is 0.332. The van der Waals surface area contributed by atoms with Gasteiger partial charge in [-0.2, -0.15) is 0 Å². The lowest BCUT2D eigenvalue weighted by Crippen LogP contribution is -2.37. The molecule has 0 saturated heterocycles. The van der Waals surface area contributed by atoms with Crippen molar-refractivity contribution in [3.05, 3.63) is 64.7 Å². The summed E-state index contributed by atoms with van der Waals surface area (Å²) in [5.41, 5.74) is 4.96. The van der Waals surface area contributed by atoms with Crippen LogP contribution in [0.25, 0.3) is 0 Å². The Morgan fingerprint density at radius 2 is 1.74 bits per heavy atom. The Balaban J connectivity index is 0.000000173. The van der Waals surface area contributed by atoms with E-state index in [-0.39, 0.29) is 16.9 Å². The summed E-state index contributed by atoms with van der Waals surface area (Å²) in [5.74, 6) is 2.09. The summed E-state index contributed by atoms with van der Waals surface area (Å²) >= 11 is 0. The molecule has 2 fully saturated rings. The minimum absolute atomic E-state index is 0.100. The molecular formula is C30H38O4. The Labute approximate surface area is 203 Å². The van der Waals surface area contributed by atoms with E-state index in [1.165, 1.54) is 42.0 Å². The molecule has 3 aliphatic carbocycles. The zero-order valence-electron chi connectivity index (χ0n) is 20.5. The maximum absolute atomic E-state index is 12.2. The normalized spacial score (nSPS) is 24.9. The van der Waals surface area contributed by atoms with Gasteiger partial charge in [-0.15, -0.1) is 0 Å². The fourth-order valence-corrected chi connectivity index (χ4v) is 6.24. The third kappa shape index (κ3) is 4.87. The molecule has 3 atom stereocenters. The molecule has 0 amide bonds. The number of aromatic hydroxyl groups is 3. The molecule has 182 valence electrons. The molecule has 0 aliphatic heterocycles. The molecule has 0 spiro atoms. The van der Waals surface area contributed by atoms with Gasteiger partial charge in [0.2, 0.25) is 0 Å². The van der Waals surface area contributed by atoms with Gasteiger partial charge in [0, 0.05) is 23.8 Å². The Kier molecular flexibility index (Phi) is 7.35. The van der Waals surface area contributed by atoms with Crippen LogP contribution in [-0.2, 0) is 17.6 Å².